The lowest BCUT2D eigenvalue weighted by molar-refractivity contribution is -0.138. The van der Waals surface area contributed by atoms with E-state index >= 15 is 0 Å². The van der Waals surface area contributed by atoms with Gasteiger partial charge in [0.05, 0.1) is 0 Å². The lowest BCUT2D eigenvalue weighted by Gasteiger charge is -2.21. The molecular weight excluding hydrogens is 444 g/mol. The van der Waals surface area contributed by atoms with E-state index in [1.165, 1.54) is 22.3 Å². The van der Waals surface area contributed by atoms with E-state index < -0.39 is 12.1 Å². The molecule has 4 rings (SSSR count). The zero-order valence-electron chi connectivity index (χ0n) is 20.2. The zero-order chi connectivity index (χ0) is 24.8. The van der Waals surface area contributed by atoms with Crippen molar-refractivity contribution >= 4 is 18.0 Å². The molecule has 3 atom stereocenters. The van der Waals surface area contributed by atoms with E-state index in [1.54, 1.807) is 0 Å². The number of hydrogen-bond acceptors (Lipinski definition) is 4. The Morgan fingerprint density at radius 1 is 1.00 bits per heavy atom. The first-order chi connectivity index (χ1) is 17.0. The van der Waals surface area contributed by atoms with Crippen LogP contribution in [-0.4, -0.2) is 42.8 Å². The Hall–Kier alpha value is -3.35. The number of carboxylic acid groups (broad SMARTS) is 1. The molecule has 0 heterocycles. The molecule has 0 radical (unpaired) electrons. The van der Waals surface area contributed by atoms with Gasteiger partial charge in [-0.3, -0.25) is 9.59 Å². The number of rotatable bonds is 10. The van der Waals surface area contributed by atoms with Crippen molar-refractivity contribution in [2.24, 2.45) is 17.8 Å². The third-order valence-electron chi connectivity index (χ3n) is 7.45. The van der Waals surface area contributed by atoms with Crippen LogP contribution in [0.15, 0.2) is 48.5 Å². The fourth-order valence-electron chi connectivity index (χ4n) is 5.47. The van der Waals surface area contributed by atoms with Gasteiger partial charge in [-0.2, -0.15) is 0 Å². The molecule has 3 N–H and O–H groups in total. The molecule has 2 aliphatic carbocycles. The Morgan fingerprint density at radius 3 is 2.29 bits per heavy atom. The third-order valence-corrected chi connectivity index (χ3v) is 7.45. The molecular formula is C28H34N2O5. The maximum Gasteiger partial charge on any atom is 0.407 e. The number of aliphatic carboxylic acids is 1. The fraction of sp³-hybridized carbons (Fsp3) is 0.464. The van der Waals surface area contributed by atoms with Crippen LogP contribution in [0, 0.1) is 17.8 Å². The molecule has 2 amide bonds. The van der Waals surface area contributed by atoms with Crippen LogP contribution in [0.1, 0.15) is 56.1 Å². The molecule has 2 aliphatic rings. The van der Waals surface area contributed by atoms with Crippen LogP contribution < -0.4 is 10.6 Å². The summed E-state index contributed by atoms with van der Waals surface area (Å²) in [5, 5.41) is 14.8. The van der Waals surface area contributed by atoms with Crippen molar-refractivity contribution in [3.8, 4) is 11.1 Å². The van der Waals surface area contributed by atoms with Crippen molar-refractivity contribution in [1.29, 1.82) is 0 Å². The topological polar surface area (TPSA) is 105 Å². The molecule has 0 aliphatic heterocycles. The first kappa shape index (κ1) is 24.8. The van der Waals surface area contributed by atoms with Crippen molar-refractivity contribution in [3.05, 3.63) is 59.7 Å². The number of hydrogen-bond donors (Lipinski definition) is 3. The van der Waals surface area contributed by atoms with Crippen molar-refractivity contribution in [2.75, 3.05) is 19.7 Å². The molecule has 1 unspecified atom stereocenters. The highest BCUT2D eigenvalue weighted by molar-refractivity contribution is 5.80. The van der Waals surface area contributed by atoms with E-state index in [0.29, 0.717) is 19.5 Å². The molecule has 7 nitrogen and oxygen atoms in total. The first-order valence-electron chi connectivity index (χ1n) is 12.6. The average molecular weight is 479 g/mol. The lowest BCUT2D eigenvalue weighted by atomic mass is 9.94. The van der Waals surface area contributed by atoms with Gasteiger partial charge in [0.2, 0.25) is 5.91 Å². The van der Waals surface area contributed by atoms with Gasteiger partial charge in [-0.1, -0.05) is 68.3 Å². The second-order valence-electron chi connectivity index (χ2n) is 9.62. The normalized spacial score (nSPS) is 19.5. The minimum Gasteiger partial charge on any atom is -0.481 e. The van der Waals surface area contributed by atoms with E-state index in [9.17, 15) is 14.4 Å². The van der Waals surface area contributed by atoms with Crippen LogP contribution in [0.2, 0.25) is 0 Å². The number of alkyl carbamates (subject to hydrolysis) is 1. The Labute approximate surface area is 206 Å². The highest BCUT2D eigenvalue weighted by atomic mass is 16.5. The number of nitrogens with one attached hydrogen (secondary N) is 2. The summed E-state index contributed by atoms with van der Waals surface area (Å²) in [6, 6.07) is 16.4. The maximum atomic E-state index is 12.7. The Bertz CT molecular complexity index is 1020. The summed E-state index contributed by atoms with van der Waals surface area (Å²) in [5.41, 5.74) is 4.71. The quantitative estimate of drug-likeness (QED) is 0.464. The van der Waals surface area contributed by atoms with Crippen molar-refractivity contribution in [3.63, 3.8) is 0 Å². The van der Waals surface area contributed by atoms with Crippen LogP contribution >= 0.6 is 0 Å². The number of ether oxygens (including phenoxy) is 1. The van der Waals surface area contributed by atoms with Gasteiger partial charge in [-0.25, -0.2) is 4.79 Å². The molecule has 2 aromatic carbocycles. The summed E-state index contributed by atoms with van der Waals surface area (Å²) in [6.45, 7) is 2.94. The van der Waals surface area contributed by atoms with Crippen molar-refractivity contribution in [1.82, 2.24) is 10.6 Å². The van der Waals surface area contributed by atoms with Gasteiger partial charge < -0.3 is 20.5 Å². The van der Waals surface area contributed by atoms with Crippen LogP contribution in [0.25, 0.3) is 11.1 Å². The number of amides is 2. The van der Waals surface area contributed by atoms with Crippen LogP contribution in [-0.2, 0) is 14.3 Å². The number of fused-ring (bicyclic) bond motifs is 3. The highest BCUT2D eigenvalue weighted by Crippen LogP contribution is 2.44. The Balaban J connectivity index is 1.26. The van der Waals surface area contributed by atoms with Gasteiger partial charge in [0.1, 0.15) is 6.61 Å². The first-order valence-corrected chi connectivity index (χ1v) is 12.6. The number of carboxylic acids is 1. The number of benzene rings is 2. The molecule has 2 aromatic rings. The monoisotopic (exact) mass is 478 g/mol. The largest absolute Gasteiger partial charge is 0.481 e. The van der Waals surface area contributed by atoms with Gasteiger partial charge in [0.25, 0.3) is 0 Å². The van der Waals surface area contributed by atoms with E-state index in [4.69, 9.17) is 9.84 Å². The summed E-state index contributed by atoms with van der Waals surface area (Å²) < 4.78 is 5.62. The molecule has 1 fully saturated rings. The smallest absolute Gasteiger partial charge is 0.407 e. The van der Waals surface area contributed by atoms with Crippen molar-refractivity contribution in [2.45, 2.75) is 44.9 Å². The SMILES string of the molecule is CCC(CNC(=O)[C@H]1CCC[C@H]1CNC(=O)OCC1c2ccccc2-c2ccccc21)CC(=O)O. The molecule has 0 bridgehead atoms. The van der Waals surface area contributed by atoms with Gasteiger partial charge in [-0.05, 0) is 46.9 Å². The van der Waals surface area contributed by atoms with Gasteiger partial charge >= 0.3 is 12.1 Å². The van der Waals surface area contributed by atoms with Crippen LogP contribution in [0.5, 0.6) is 0 Å². The van der Waals surface area contributed by atoms with E-state index in [2.05, 4.69) is 34.9 Å². The predicted molar refractivity (Wildman–Crippen MR) is 133 cm³/mol. The summed E-state index contributed by atoms with van der Waals surface area (Å²) >= 11 is 0. The third kappa shape index (κ3) is 5.84. The summed E-state index contributed by atoms with van der Waals surface area (Å²) in [5.74, 6) is -1.09. The Morgan fingerprint density at radius 2 is 1.66 bits per heavy atom. The minimum atomic E-state index is -0.850. The molecule has 7 heteroatoms. The molecule has 35 heavy (non-hydrogen) atoms. The molecule has 0 aromatic heterocycles. The molecule has 0 saturated heterocycles. The van der Waals surface area contributed by atoms with Crippen LogP contribution in [0.4, 0.5) is 4.79 Å². The fourth-order valence-corrected chi connectivity index (χ4v) is 5.47. The van der Waals surface area contributed by atoms with E-state index in [0.717, 1.165) is 19.3 Å². The summed E-state index contributed by atoms with van der Waals surface area (Å²) in [4.78, 5) is 36.2. The molecule has 0 spiro atoms. The van der Waals surface area contributed by atoms with Crippen molar-refractivity contribution < 1.29 is 24.2 Å². The second-order valence-corrected chi connectivity index (χ2v) is 9.62. The number of carbonyl (C=O) groups is 3. The number of carbonyl (C=O) groups excluding carboxylic acids is 2. The summed E-state index contributed by atoms with van der Waals surface area (Å²) in [7, 11) is 0. The van der Waals surface area contributed by atoms with Gasteiger partial charge in [0, 0.05) is 31.3 Å². The second kappa shape index (κ2) is 11.4. The average Bonchev–Trinajstić information content (AvgIpc) is 3.46. The highest BCUT2D eigenvalue weighted by Gasteiger charge is 2.34. The van der Waals surface area contributed by atoms with Gasteiger partial charge in [-0.15, -0.1) is 0 Å². The van der Waals surface area contributed by atoms with E-state index in [1.807, 2.05) is 31.2 Å². The lowest BCUT2D eigenvalue weighted by Crippen LogP contribution is -2.39. The maximum absolute atomic E-state index is 12.7. The molecule has 186 valence electrons. The van der Waals surface area contributed by atoms with Crippen LogP contribution in [0.3, 0.4) is 0 Å². The standard InChI is InChI=1S/C28H34N2O5/c1-2-18(14-26(31)32)15-29-27(33)20-13-7-8-19(20)16-30-28(34)35-17-25-23-11-5-3-9-21(23)22-10-4-6-12-24(22)25/h3-6,9-12,18-20,25H,2,7-8,13-17H2,1H3,(H,29,33)(H,30,34)(H,31,32)/t18?,19-,20-/m0/s1. The predicted octanol–water partition coefficient (Wildman–Crippen LogP) is 4.56. The Kier molecular flexibility index (Phi) is 8.06. The minimum absolute atomic E-state index is 0.00970. The molecule has 1 saturated carbocycles. The summed E-state index contributed by atoms with van der Waals surface area (Å²) in [6.07, 6.45) is 2.86. The van der Waals surface area contributed by atoms with E-state index in [-0.39, 0.29) is 42.6 Å². The zero-order valence-corrected chi connectivity index (χ0v) is 20.2. The van der Waals surface area contributed by atoms with Gasteiger partial charge in [0.15, 0.2) is 0 Å².